The Morgan fingerprint density at radius 3 is 3.13 bits per heavy atom. The first kappa shape index (κ1) is 11.6. The number of thiophene rings is 1. The van der Waals surface area contributed by atoms with Crippen LogP contribution < -0.4 is 10.6 Å². The third-order valence-corrected chi connectivity index (χ3v) is 4.41. The van der Waals surface area contributed by atoms with E-state index in [1.54, 1.807) is 0 Å². The number of hydrogen-bond acceptors (Lipinski definition) is 3. The molecule has 0 saturated carbocycles. The Morgan fingerprint density at radius 2 is 2.47 bits per heavy atom. The van der Waals surface area contributed by atoms with Crippen molar-refractivity contribution in [3.05, 3.63) is 20.8 Å². The largest absolute Gasteiger partial charge is 0.315 e. The Balaban J connectivity index is 1.58. The zero-order chi connectivity index (χ0) is 10.5. The highest BCUT2D eigenvalue weighted by molar-refractivity contribution is 9.11. The summed E-state index contributed by atoms with van der Waals surface area (Å²) in [6.45, 7) is 3.40. The van der Waals surface area contributed by atoms with E-state index in [4.69, 9.17) is 0 Å². The van der Waals surface area contributed by atoms with Gasteiger partial charge in [0, 0.05) is 24.0 Å². The zero-order valence-electron chi connectivity index (χ0n) is 8.76. The Labute approximate surface area is 104 Å². The van der Waals surface area contributed by atoms with Crippen molar-refractivity contribution in [3.8, 4) is 0 Å². The van der Waals surface area contributed by atoms with Crippen LogP contribution in [-0.4, -0.2) is 25.7 Å². The number of nitrogens with one attached hydrogen (secondary N) is 2. The summed E-state index contributed by atoms with van der Waals surface area (Å²) in [6, 6.07) is 5.03. The molecule has 2 nitrogen and oxygen atoms in total. The summed E-state index contributed by atoms with van der Waals surface area (Å²) < 4.78 is 1.23. The molecule has 4 heteroatoms. The second kappa shape index (κ2) is 5.99. The third kappa shape index (κ3) is 3.87. The summed E-state index contributed by atoms with van der Waals surface area (Å²) in [5, 5.41) is 7.01. The van der Waals surface area contributed by atoms with E-state index in [-0.39, 0.29) is 0 Å². The second-order valence-corrected chi connectivity index (χ2v) is 6.50. The first-order valence-corrected chi connectivity index (χ1v) is 7.14. The summed E-state index contributed by atoms with van der Waals surface area (Å²) >= 11 is 5.31. The molecule has 1 aliphatic heterocycles. The SMILES string of the molecule is Brc1ccc(CCNCC2CCCN2)s1. The molecule has 1 aromatic heterocycles. The topological polar surface area (TPSA) is 24.1 Å². The molecule has 1 aliphatic rings. The maximum Gasteiger partial charge on any atom is 0.0701 e. The zero-order valence-corrected chi connectivity index (χ0v) is 11.2. The van der Waals surface area contributed by atoms with Crippen LogP contribution in [0.2, 0.25) is 0 Å². The van der Waals surface area contributed by atoms with Crippen molar-refractivity contribution in [2.75, 3.05) is 19.6 Å². The molecule has 1 atom stereocenters. The molecule has 0 amide bonds. The number of halogens is 1. The van der Waals surface area contributed by atoms with Crippen molar-refractivity contribution in [2.45, 2.75) is 25.3 Å². The van der Waals surface area contributed by atoms with E-state index in [1.807, 2.05) is 11.3 Å². The third-order valence-electron chi connectivity index (χ3n) is 2.73. The molecule has 2 N–H and O–H groups in total. The Hall–Kier alpha value is 0.1000. The highest BCUT2D eigenvalue weighted by Crippen LogP contribution is 2.21. The van der Waals surface area contributed by atoms with Gasteiger partial charge in [-0.05, 0) is 53.9 Å². The maximum atomic E-state index is 3.51. The lowest BCUT2D eigenvalue weighted by Gasteiger charge is -2.10. The van der Waals surface area contributed by atoms with Crippen LogP contribution in [0.1, 0.15) is 17.7 Å². The lowest BCUT2D eigenvalue weighted by atomic mass is 10.2. The van der Waals surface area contributed by atoms with E-state index in [1.165, 1.54) is 28.0 Å². The summed E-state index contributed by atoms with van der Waals surface area (Å²) in [6.07, 6.45) is 3.81. The van der Waals surface area contributed by atoms with Gasteiger partial charge in [0.15, 0.2) is 0 Å². The van der Waals surface area contributed by atoms with Crippen LogP contribution in [0.3, 0.4) is 0 Å². The molecule has 0 aromatic carbocycles. The van der Waals surface area contributed by atoms with Crippen LogP contribution >= 0.6 is 27.3 Å². The molecule has 1 saturated heterocycles. The van der Waals surface area contributed by atoms with Crippen molar-refractivity contribution < 1.29 is 0 Å². The predicted octanol–water partition coefficient (Wildman–Crippen LogP) is 2.39. The Bertz CT molecular complexity index is 295. The van der Waals surface area contributed by atoms with Gasteiger partial charge in [0.2, 0.25) is 0 Å². The standard InChI is InChI=1S/C11H17BrN2S/c12-11-4-3-10(15-11)5-7-13-8-9-2-1-6-14-9/h3-4,9,13-14H,1-2,5-8H2. The lowest BCUT2D eigenvalue weighted by molar-refractivity contribution is 0.538. The summed E-state index contributed by atoms with van der Waals surface area (Å²) in [7, 11) is 0. The first-order valence-electron chi connectivity index (χ1n) is 5.53. The molecule has 84 valence electrons. The lowest BCUT2D eigenvalue weighted by Crippen LogP contribution is -2.34. The maximum absolute atomic E-state index is 3.51. The predicted molar refractivity (Wildman–Crippen MR) is 69.6 cm³/mol. The minimum Gasteiger partial charge on any atom is -0.315 e. The van der Waals surface area contributed by atoms with Crippen LogP contribution in [-0.2, 0) is 6.42 Å². The van der Waals surface area contributed by atoms with Crippen LogP contribution in [0, 0.1) is 0 Å². The van der Waals surface area contributed by atoms with E-state index >= 15 is 0 Å². The molecular weight excluding hydrogens is 272 g/mol. The van der Waals surface area contributed by atoms with Gasteiger partial charge in [0.25, 0.3) is 0 Å². The van der Waals surface area contributed by atoms with Crippen molar-refractivity contribution in [1.29, 1.82) is 0 Å². The normalized spacial score (nSPS) is 21.0. The fourth-order valence-electron chi connectivity index (χ4n) is 1.90. The molecule has 2 heterocycles. The molecule has 0 spiro atoms. The molecule has 0 radical (unpaired) electrons. The average Bonchev–Trinajstić information content (AvgIpc) is 2.84. The van der Waals surface area contributed by atoms with Gasteiger partial charge in [0.05, 0.1) is 3.79 Å². The van der Waals surface area contributed by atoms with E-state index < -0.39 is 0 Å². The highest BCUT2D eigenvalue weighted by atomic mass is 79.9. The van der Waals surface area contributed by atoms with E-state index in [0.717, 1.165) is 19.5 Å². The van der Waals surface area contributed by atoms with Crippen molar-refractivity contribution in [3.63, 3.8) is 0 Å². The van der Waals surface area contributed by atoms with Gasteiger partial charge >= 0.3 is 0 Å². The van der Waals surface area contributed by atoms with Gasteiger partial charge in [-0.1, -0.05) is 0 Å². The molecule has 1 aromatic rings. The summed E-state index contributed by atoms with van der Waals surface area (Å²) in [5.41, 5.74) is 0. The fourth-order valence-corrected chi connectivity index (χ4v) is 3.39. The van der Waals surface area contributed by atoms with Gasteiger partial charge in [-0.15, -0.1) is 11.3 Å². The molecule has 0 aliphatic carbocycles. The molecule has 0 bridgehead atoms. The monoisotopic (exact) mass is 288 g/mol. The van der Waals surface area contributed by atoms with Crippen LogP contribution in [0.15, 0.2) is 15.9 Å². The van der Waals surface area contributed by atoms with E-state index in [0.29, 0.717) is 6.04 Å². The molecule has 1 fully saturated rings. The Morgan fingerprint density at radius 1 is 1.53 bits per heavy atom. The summed E-state index contributed by atoms with van der Waals surface area (Å²) in [5.74, 6) is 0. The minimum absolute atomic E-state index is 0.708. The van der Waals surface area contributed by atoms with Gasteiger partial charge in [-0.3, -0.25) is 0 Å². The van der Waals surface area contributed by atoms with Crippen molar-refractivity contribution >= 4 is 27.3 Å². The number of hydrogen-bond donors (Lipinski definition) is 2. The molecule has 1 unspecified atom stereocenters. The van der Waals surface area contributed by atoms with Crippen molar-refractivity contribution in [1.82, 2.24) is 10.6 Å². The minimum atomic E-state index is 0.708. The van der Waals surface area contributed by atoms with E-state index in [2.05, 4.69) is 38.7 Å². The van der Waals surface area contributed by atoms with Gasteiger partial charge in [-0.2, -0.15) is 0 Å². The van der Waals surface area contributed by atoms with Crippen molar-refractivity contribution in [2.24, 2.45) is 0 Å². The van der Waals surface area contributed by atoms with Gasteiger partial charge < -0.3 is 10.6 Å². The highest BCUT2D eigenvalue weighted by Gasteiger charge is 2.12. The second-order valence-electron chi connectivity index (χ2n) is 3.95. The fraction of sp³-hybridized carbons (Fsp3) is 0.636. The molecular formula is C11H17BrN2S. The molecule has 15 heavy (non-hydrogen) atoms. The van der Waals surface area contributed by atoms with E-state index in [9.17, 15) is 0 Å². The van der Waals surface area contributed by atoms with Crippen LogP contribution in [0.5, 0.6) is 0 Å². The number of rotatable bonds is 5. The average molecular weight is 289 g/mol. The van der Waals surface area contributed by atoms with Crippen LogP contribution in [0.4, 0.5) is 0 Å². The van der Waals surface area contributed by atoms with Gasteiger partial charge in [0.1, 0.15) is 0 Å². The molecule has 2 rings (SSSR count). The summed E-state index contributed by atoms with van der Waals surface area (Å²) in [4.78, 5) is 1.45. The Kier molecular flexibility index (Phi) is 4.62. The van der Waals surface area contributed by atoms with Gasteiger partial charge in [-0.25, -0.2) is 0 Å². The first-order chi connectivity index (χ1) is 7.34. The van der Waals surface area contributed by atoms with Crippen LogP contribution in [0.25, 0.3) is 0 Å². The smallest absolute Gasteiger partial charge is 0.0701 e. The quantitative estimate of drug-likeness (QED) is 0.813.